The number of carbonyl (C=O) groups excluding carboxylic acids is 2. The standard InChI is InChI=1S/C17H18N2O3/c1-11(2)12-7-9-13(10-8-12)18-16(20)14-5-4-6-15(19-14)17(21)22-3/h4-11H,1-3H3,(H,18,20). The Balaban J connectivity index is 2.13. The van der Waals surface area contributed by atoms with Crippen molar-refractivity contribution >= 4 is 17.6 Å². The van der Waals surface area contributed by atoms with Gasteiger partial charge in [0, 0.05) is 5.69 Å². The highest BCUT2D eigenvalue weighted by molar-refractivity contribution is 6.03. The van der Waals surface area contributed by atoms with Gasteiger partial charge in [-0.2, -0.15) is 0 Å². The van der Waals surface area contributed by atoms with Crippen LogP contribution in [0.4, 0.5) is 5.69 Å². The van der Waals surface area contributed by atoms with Gasteiger partial charge in [0.1, 0.15) is 11.4 Å². The first kappa shape index (κ1) is 15.7. The lowest BCUT2D eigenvalue weighted by atomic mass is 10.0. The van der Waals surface area contributed by atoms with Crippen LogP contribution >= 0.6 is 0 Å². The third-order valence-electron chi connectivity index (χ3n) is 3.21. The fourth-order valence-corrected chi connectivity index (χ4v) is 1.93. The summed E-state index contributed by atoms with van der Waals surface area (Å²) in [5, 5.41) is 2.75. The summed E-state index contributed by atoms with van der Waals surface area (Å²) in [6, 6.07) is 12.3. The number of nitrogens with zero attached hydrogens (tertiary/aromatic N) is 1. The fourth-order valence-electron chi connectivity index (χ4n) is 1.93. The first-order chi connectivity index (χ1) is 10.5. The number of nitrogens with one attached hydrogen (secondary N) is 1. The van der Waals surface area contributed by atoms with Gasteiger partial charge in [-0.3, -0.25) is 4.79 Å². The van der Waals surface area contributed by atoms with Crippen LogP contribution in [0.25, 0.3) is 0 Å². The Bertz CT molecular complexity index is 679. The summed E-state index contributed by atoms with van der Waals surface area (Å²) in [4.78, 5) is 27.6. The van der Waals surface area contributed by atoms with Crippen LogP contribution in [0, 0.1) is 0 Å². The molecule has 1 aromatic heterocycles. The molecule has 0 saturated heterocycles. The molecule has 22 heavy (non-hydrogen) atoms. The Labute approximate surface area is 129 Å². The Morgan fingerprint density at radius 3 is 2.27 bits per heavy atom. The molecule has 0 unspecified atom stereocenters. The topological polar surface area (TPSA) is 68.3 Å². The van der Waals surface area contributed by atoms with E-state index in [1.807, 2.05) is 24.3 Å². The molecule has 0 bridgehead atoms. The van der Waals surface area contributed by atoms with Gasteiger partial charge >= 0.3 is 5.97 Å². The predicted octanol–water partition coefficient (Wildman–Crippen LogP) is 3.24. The van der Waals surface area contributed by atoms with Gasteiger partial charge in [0.05, 0.1) is 7.11 Å². The van der Waals surface area contributed by atoms with Crippen LogP contribution in [0.2, 0.25) is 0 Å². The van der Waals surface area contributed by atoms with Crippen molar-refractivity contribution in [2.24, 2.45) is 0 Å². The summed E-state index contributed by atoms with van der Waals surface area (Å²) in [5.74, 6) is -0.512. The third-order valence-corrected chi connectivity index (χ3v) is 3.21. The van der Waals surface area contributed by atoms with Gasteiger partial charge in [-0.1, -0.05) is 32.0 Å². The quantitative estimate of drug-likeness (QED) is 0.880. The third kappa shape index (κ3) is 3.69. The smallest absolute Gasteiger partial charge is 0.356 e. The van der Waals surface area contributed by atoms with Gasteiger partial charge in [-0.25, -0.2) is 9.78 Å². The summed E-state index contributed by atoms with van der Waals surface area (Å²) >= 11 is 0. The zero-order valence-electron chi connectivity index (χ0n) is 12.8. The van der Waals surface area contributed by atoms with Crippen molar-refractivity contribution in [3.8, 4) is 0 Å². The maximum Gasteiger partial charge on any atom is 0.356 e. The van der Waals surface area contributed by atoms with E-state index in [0.717, 1.165) is 0 Å². The molecular formula is C17H18N2O3. The molecule has 1 amide bonds. The number of esters is 1. The maximum atomic E-state index is 12.2. The minimum atomic E-state index is -0.573. The molecule has 5 nitrogen and oxygen atoms in total. The molecule has 0 aliphatic carbocycles. The molecule has 0 aliphatic rings. The molecular weight excluding hydrogens is 280 g/mol. The number of hydrogen-bond acceptors (Lipinski definition) is 4. The van der Waals surface area contributed by atoms with E-state index in [1.54, 1.807) is 12.1 Å². The number of carbonyl (C=O) groups is 2. The Hall–Kier alpha value is -2.69. The zero-order chi connectivity index (χ0) is 16.1. The minimum Gasteiger partial charge on any atom is -0.464 e. The number of ether oxygens (including phenoxy) is 1. The van der Waals surface area contributed by atoms with Crippen LogP contribution in [0.1, 0.15) is 46.3 Å². The fraction of sp³-hybridized carbons (Fsp3) is 0.235. The van der Waals surface area contributed by atoms with Crippen LogP contribution in [0.15, 0.2) is 42.5 Å². The molecule has 0 spiro atoms. The number of pyridine rings is 1. The van der Waals surface area contributed by atoms with E-state index in [4.69, 9.17) is 0 Å². The minimum absolute atomic E-state index is 0.102. The molecule has 0 radical (unpaired) electrons. The average molecular weight is 298 g/mol. The van der Waals surface area contributed by atoms with E-state index >= 15 is 0 Å². The predicted molar refractivity (Wildman–Crippen MR) is 84.1 cm³/mol. The van der Waals surface area contributed by atoms with E-state index in [0.29, 0.717) is 11.6 Å². The Morgan fingerprint density at radius 1 is 1.05 bits per heavy atom. The van der Waals surface area contributed by atoms with Crippen LogP contribution in [-0.4, -0.2) is 24.0 Å². The van der Waals surface area contributed by atoms with Crippen molar-refractivity contribution in [1.29, 1.82) is 0 Å². The molecule has 5 heteroatoms. The number of anilines is 1. The first-order valence-corrected chi connectivity index (χ1v) is 6.98. The van der Waals surface area contributed by atoms with E-state index in [9.17, 15) is 9.59 Å². The Kier molecular flexibility index (Phi) is 4.88. The van der Waals surface area contributed by atoms with Crippen LogP contribution < -0.4 is 5.32 Å². The Morgan fingerprint density at radius 2 is 1.68 bits per heavy atom. The first-order valence-electron chi connectivity index (χ1n) is 6.98. The number of benzene rings is 1. The molecule has 0 saturated carbocycles. The van der Waals surface area contributed by atoms with Gasteiger partial charge in [0.15, 0.2) is 0 Å². The molecule has 1 heterocycles. The lowest BCUT2D eigenvalue weighted by Crippen LogP contribution is -2.16. The van der Waals surface area contributed by atoms with Crippen molar-refractivity contribution < 1.29 is 14.3 Å². The second kappa shape index (κ2) is 6.85. The molecule has 2 aromatic rings. The van der Waals surface area contributed by atoms with Crippen LogP contribution in [0.3, 0.4) is 0 Å². The van der Waals surface area contributed by atoms with Crippen molar-refractivity contribution in [2.75, 3.05) is 12.4 Å². The second-order valence-electron chi connectivity index (χ2n) is 5.13. The summed E-state index contributed by atoms with van der Waals surface area (Å²) in [6.07, 6.45) is 0. The number of hydrogen-bond donors (Lipinski definition) is 1. The highest BCUT2D eigenvalue weighted by Gasteiger charge is 2.12. The number of amides is 1. The lowest BCUT2D eigenvalue weighted by molar-refractivity contribution is 0.0594. The number of rotatable bonds is 4. The molecule has 1 aromatic carbocycles. The van der Waals surface area contributed by atoms with Gasteiger partial charge in [-0.05, 0) is 35.7 Å². The number of methoxy groups -OCH3 is 1. The normalized spacial score (nSPS) is 10.4. The van der Waals surface area contributed by atoms with Crippen LogP contribution in [0.5, 0.6) is 0 Å². The molecule has 114 valence electrons. The summed E-state index contributed by atoms with van der Waals surface area (Å²) in [5.41, 5.74) is 2.14. The zero-order valence-corrected chi connectivity index (χ0v) is 12.8. The lowest BCUT2D eigenvalue weighted by Gasteiger charge is -2.08. The summed E-state index contributed by atoms with van der Waals surface area (Å²) < 4.78 is 4.59. The van der Waals surface area contributed by atoms with Crippen molar-refractivity contribution in [1.82, 2.24) is 4.98 Å². The van der Waals surface area contributed by atoms with E-state index in [-0.39, 0.29) is 17.3 Å². The average Bonchev–Trinajstić information content (AvgIpc) is 2.54. The van der Waals surface area contributed by atoms with Crippen LogP contribution in [-0.2, 0) is 4.74 Å². The van der Waals surface area contributed by atoms with Crippen molar-refractivity contribution in [3.05, 3.63) is 59.4 Å². The van der Waals surface area contributed by atoms with E-state index in [2.05, 4.69) is 28.9 Å². The molecule has 2 rings (SSSR count). The highest BCUT2D eigenvalue weighted by Crippen LogP contribution is 2.17. The highest BCUT2D eigenvalue weighted by atomic mass is 16.5. The molecule has 0 aliphatic heterocycles. The van der Waals surface area contributed by atoms with Gasteiger partial charge in [0.25, 0.3) is 5.91 Å². The largest absolute Gasteiger partial charge is 0.464 e. The molecule has 1 N–H and O–H groups in total. The van der Waals surface area contributed by atoms with E-state index in [1.165, 1.54) is 18.7 Å². The SMILES string of the molecule is COC(=O)c1cccc(C(=O)Nc2ccc(C(C)C)cc2)n1. The summed E-state index contributed by atoms with van der Waals surface area (Å²) in [7, 11) is 1.27. The van der Waals surface area contributed by atoms with Crippen molar-refractivity contribution in [3.63, 3.8) is 0 Å². The summed E-state index contributed by atoms with van der Waals surface area (Å²) in [6.45, 7) is 4.21. The molecule has 0 fully saturated rings. The van der Waals surface area contributed by atoms with Crippen molar-refractivity contribution in [2.45, 2.75) is 19.8 Å². The second-order valence-corrected chi connectivity index (χ2v) is 5.13. The maximum absolute atomic E-state index is 12.2. The number of aromatic nitrogens is 1. The monoisotopic (exact) mass is 298 g/mol. The molecule has 0 atom stereocenters. The van der Waals surface area contributed by atoms with E-state index < -0.39 is 5.97 Å². The van der Waals surface area contributed by atoms with Gasteiger partial charge < -0.3 is 10.1 Å². The van der Waals surface area contributed by atoms with Gasteiger partial charge in [-0.15, -0.1) is 0 Å². The van der Waals surface area contributed by atoms with Gasteiger partial charge in [0.2, 0.25) is 0 Å².